The Kier molecular flexibility index (Phi) is 6.08. The first-order valence-corrected chi connectivity index (χ1v) is 8.63. The minimum Gasteiger partial charge on any atom is -0.367 e. The van der Waals surface area contributed by atoms with E-state index in [2.05, 4.69) is 64.3 Å². The Bertz CT molecular complexity index is 505. The maximum Gasteiger partial charge on any atom is 0.0640 e. The molecule has 1 aliphatic rings. The fourth-order valence-electron chi connectivity index (χ4n) is 2.56. The minimum atomic E-state index is 0.365. The van der Waals surface area contributed by atoms with Gasteiger partial charge in [-0.25, -0.2) is 0 Å². The number of halogens is 1. The molecule has 1 aromatic carbocycles. The highest BCUT2D eigenvalue weighted by molar-refractivity contribution is 9.10. The van der Waals surface area contributed by atoms with Crippen LogP contribution in [0.25, 0.3) is 0 Å². The van der Waals surface area contributed by atoms with E-state index in [0.717, 1.165) is 24.0 Å². The molecular formula is C17H24BrN3. The standard InChI is InChI=1S/C17H24BrN3/c1-3-10-20-13(2)14-5-8-17(16(18)12-14)21(11-4-9-19)15-6-7-15/h5,8,12-13,15,20H,3-4,6-7,10-11H2,1-2H3. The van der Waals surface area contributed by atoms with E-state index in [9.17, 15) is 0 Å². The minimum absolute atomic E-state index is 0.365. The normalized spacial score (nSPS) is 15.5. The average molecular weight is 350 g/mol. The molecule has 1 unspecified atom stereocenters. The van der Waals surface area contributed by atoms with E-state index in [1.54, 1.807) is 0 Å². The predicted molar refractivity (Wildman–Crippen MR) is 91.4 cm³/mol. The lowest BCUT2D eigenvalue weighted by molar-refractivity contribution is 0.570. The molecular weight excluding hydrogens is 326 g/mol. The van der Waals surface area contributed by atoms with E-state index in [4.69, 9.17) is 5.26 Å². The highest BCUT2D eigenvalue weighted by Crippen LogP contribution is 2.37. The zero-order valence-electron chi connectivity index (χ0n) is 12.9. The summed E-state index contributed by atoms with van der Waals surface area (Å²) in [6.45, 7) is 6.24. The van der Waals surface area contributed by atoms with Gasteiger partial charge in [0.05, 0.1) is 18.2 Å². The van der Waals surface area contributed by atoms with Gasteiger partial charge in [-0.15, -0.1) is 0 Å². The molecule has 0 saturated heterocycles. The van der Waals surface area contributed by atoms with Crippen molar-refractivity contribution in [1.29, 1.82) is 5.26 Å². The lowest BCUT2D eigenvalue weighted by atomic mass is 10.1. The van der Waals surface area contributed by atoms with Gasteiger partial charge in [-0.05, 0) is 66.4 Å². The Balaban J connectivity index is 2.12. The van der Waals surface area contributed by atoms with E-state index in [1.807, 2.05) is 0 Å². The van der Waals surface area contributed by atoms with E-state index < -0.39 is 0 Å². The van der Waals surface area contributed by atoms with Crippen LogP contribution >= 0.6 is 15.9 Å². The van der Waals surface area contributed by atoms with Gasteiger partial charge in [-0.2, -0.15) is 5.26 Å². The quantitative estimate of drug-likeness (QED) is 0.756. The molecule has 1 fully saturated rings. The first-order valence-electron chi connectivity index (χ1n) is 7.83. The third kappa shape index (κ3) is 4.46. The van der Waals surface area contributed by atoms with Gasteiger partial charge in [0.2, 0.25) is 0 Å². The summed E-state index contributed by atoms with van der Waals surface area (Å²) in [5.41, 5.74) is 2.52. The third-order valence-electron chi connectivity index (χ3n) is 3.93. The van der Waals surface area contributed by atoms with Crippen LogP contribution in [0.4, 0.5) is 5.69 Å². The van der Waals surface area contributed by atoms with Crippen LogP contribution < -0.4 is 10.2 Å². The summed E-state index contributed by atoms with van der Waals surface area (Å²) in [4.78, 5) is 2.38. The Morgan fingerprint density at radius 3 is 2.81 bits per heavy atom. The van der Waals surface area contributed by atoms with E-state index in [0.29, 0.717) is 18.5 Å². The summed E-state index contributed by atoms with van der Waals surface area (Å²) in [7, 11) is 0. The van der Waals surface area contributed by atoms with Gasteiger partial charge >= 0.3 is 0 Å². The molecule has 1 aliphatic carbocycles. The monoisotopic (exact) mass is 349 g/mol. The molecule has 0 heterocycles. The van der Waals surface area contributed by atoms with Crippen molar-refractivity contribution in [2.75, 3.05) is 18.0 Å². The summed E-state index contributed by atoms with van der Waals surface area (Å²) in [5, 5.41) is 12.4. The van der Waals surface area contributed by atoms with Crippen LogP contribution in [0, 0.1) is 11.3 Å². The van der Waals surface area contributed by atoms with Crippen LogP contribution in [0.3, 0.4) is 0 Å². The number of anilines is 1. The molecule has 0 amide bonds. The molecule has 1 atom stereocenters. The van der Waals surface area contributed by atoms with Gasteiger partial charge in [0.1, 0.15) is 0 Å². The van der Waals surface area contributed by atoms with Crippen molar-refractivity contribution in [2.24, 2.45) is 0 Å². The van der Waals surface area contributed by atoms with E-state index in [-0.39, 0.29) is 0 Å². The Morgan fingerprint density at radius 1 is 1.48 bits per heavy atom. The molecule has 1 saturated carbocycles. The third-order valence-corrected chi connectivity index (χ3v) is 4.57. The van der Waals surface area contributed by atoms with E-state index in [1.165, 1.54) is 24.1 Å². The molecule has 0 aliphatic heterocycles. The number of benzene rings is 1. The topological polar surface area (TPSA) is 39.1 Å². The number of rotatable bonds is 8. The van der Waals surface area contributed by atoms with Crippen LogP contribution in [0.5, 0.6) is 0 Å². The number of hydrogen-bond acceptors (Lipinski definition) is 3. The van der Waals surface area contributed by atoms with Crippen molar-refractivity contribution >= 4 is 21.6 Å². The smallest absolute Gasteiger partial charge is 0.0640 e. The van der Waals surface area contributed by atoms with Gasteiger partial charge in [0.15, 0.2) is 0 Å². The van der Waals surface area contributed by atoms with Crippen molar-refractivity contribution in [3.05, 3.63) is 28.2 Å². The first-order chi connectivity index (χ1) is 10.2. The molecule has 114 valence electrons. The molecule has 21 heavy (non-hydrogen) atoms. The van der Waals surface area contributed by atoms with Gasteiger partial charge < -0.3 is 10.2 Å². The van der Waals surface area contributed by atoms with Crippen molar-refractivity contribution in [3.63, 3.8) is 0 Å². The molecule has 1 N–H and O–H groups in total. The van der Waals surface area contributed by atoms with Crippen molar-refractivity contribution in [1.82, 2.24) is 5.32 Å². The second kappa shape index (κ2) is 7.82. The van der Waals surface area contributed by atoms with E-state index >= 15 is 0 Å². The van der Waals surface area contributed by atoms with Crippen molar-refractivity contribution in [3.8, 4) is 6.07 Å². The second-order valence-electron chi connectivity index (χ2n) is 5.72. The maximum absolute atomic E-state index is 8.84. The Labute approximate surface area is 136 Å². The summed E-state index contributed by atoms with van der Waals surface area (Å²) < 4.78 is 1.13. The van der Waals surface area contributed by atoms with Gasteiger partial charge in [0.25, 0.3) is 0 Å². The average Bonchev–Trinajstić information content (AvgIpc) is 3.31. The molecule has 0 spiro atoms. The Morgan fingerprint density at radius 2 is 2.24 bits per heavy atom. The lowest BCUT2D eigenvalue weighted by Gasteiger charge is -2.26. The number of nitrogens with one attached hydrogen (secondary N) is 1. The van der Waals surface area contributed by atoms with Gasteiger partial charge in [-0.1, -0.05) is 13.0 Å². The number of hydrogen-bond donors (Lipinski definition) is 1. The van der Waals surface area contributed by atoms with Crippen LogP contribution in [0.2, 0.25) is 0 Å². The zero-order valence-corrected chi connectivity index (χ0v) is 14.5. The molecule has 0 radical (unpaired) electrons. The highest BCUT2D eigenvalue weighted by Gasteiger charge is 2.30. The summed E-state index contributed by atoms with van der Waals surface area (Å²) in [6.07, 6.45) is 4.22. The van der Waals surface area contributed by atoms with Crippen LogP contribution in [-0.2, 0) is 0 Å². The van der Waals surface area contributed by atoms with Crippen molar-refractivity contribution < 1.29 is 0 Å². The molecule has 2 rings (SSSR count). The SMILES string of the molecule is CCCNC(C)c1ccc(N(CCC#N)C2CC2)c(Br)c1. The summed E-state index contributed by atoms with van der Waals surface area (Å²) >= 11 is 3.72. The molecule has 4 heteroatoms. The Hall–Kier alpha value is -1.05. The largest absolute Gasteiger partial charge is 0.367 e. The van der Waals surface area contributed by atoms with Crippen molar-refractivity contribution in [2.45, 2.75) is 51.6 Å². The second-order valence-corrected chi connectivity index (χ2v) is 6.57. The van der Waals surface area contributed by atoms with Crippen LogP contribution in [0.1, 0.15) is 51.1 Å². The molecule has 3 nitrogen and oxygen atoms in total. The lowest BCUT2D eigenvalue weighted by Crippen LogP contribution is -2.27. The fourth-order valence-corrected chi connectivity index (χ4v) is 3.18. The molecule has 0 aromatic heterocycles. The predicted octanol–water partition coefficient (Wildman–Crippen LogP) is 4.39. The zero-order chi connectivity index (χ0) is 15.2. The van der Waals surface area contributed by atoms with Gasteiger partial charge in [0, 0.05) is 23.1 Å². The highest BCUT2D eigenvalue weighted by atomic mass is 79.9. The van der Waals surface area contributed by atoms with Crippen LogP contribution in [0.15, 0.2) is 22.7 Å². The fraction of sp³-hybridized carbons (Fsp3) is 0.588. The number of nitriles is 1. The maximum atomic E-state index is 8.84. The molecule has 0 bridgehead atoms. The first kappa shape index (κ1) is 16.3. The summed E-state index contributed by atoms with van der Waals surface area (Å²) in [6, 6.07) is 9.85. The molecule has 1 aromatic rings. The number of nitrogens with zero attached hydrogens (tertiary/aromatic N) is 2. The van der Waals surface area contributed by atoms with Crippen LogP contribution in [-0.4, -0.2) is 19.1 Å². The van der Waals surface area contributed by atoms with Gasteiger partial charge in [-0.3, -0.25) is 0 Å². The summed E-state index contributed by atoms with van der Waals surface area (Å²) in [5.74, 6) is 0.